The van der Waals surface area contributed by atoms with Gasteiger partial charge in [-0.15, -0.1) is 0 Å². The second-order valence-corrected chi connectivity index (χ2v) is 8.52. The maximum Gasteiger partial charge on any atom is 0.242 e. The highest BCUT2D eigenvalue weighted by molar-refractivity contribution is 7.89. The molecule has 0 radical (unpaired) electrons. The number of amides is 1. The van der Waals surface area contributed by atoms with Gasteiger partial charge in [0.15, 0.2) is 0 Å². The Hall–Kier alpha value is -3.29. The fraction of sp³-hybridized carbons (Fsp3) is 0.130. The fourth-order valence-corrected chi connectivity index (χ4v) is 4.06. The Balaban J connectivity index is 1.73. The second-order valence-electron chi connectivity index (χ2n) is 6.81. The van der Waals surface area contributed by atoms with Crippen molar-refractivity contribution in [3.8, 4) is 0 Å². The van der Waals surface area contributed by atoms with Crippen LogP contribution in [-0.4, -0.2) is 20.5 Å². The molecule has 0 spiro atoms. The minimum absolute atomic E-state index is 0.0960. The average molecular weight is 422 g/mol. The predicted molar refractivity (Wildman–Crippen MR) is 117 cm³/mol. The van der Waals surface area contributed by atoms with Crippen LogP contribution in [-0.2, 0) is 14.8 Å². The van der Waals surface area contributed by atoms with E-state index < -0.39 is 22.0 Å². The van der Waals surface area contributed by atoms with Gasteiger partial charge in [-0.05, 0) is 30.2 Å². The van der Waals surface area contributed by atoms with E-state index in [1.54, 1.807) is 48.5 Å². The summed E-state index contributed by atoms with van der Waals surface area (Å²) in [6.07, 6.45) is 1.44. The predicted octanol–water partition coefficient (Wildman–Crippen LogP) is 3.56. The minimum atomic E-state index is -3.80. The summed E-state index contributed by atoms with van der Waals surface area (Å²) in [5.74, 6) is -0.400. The van der Waals surface area contributed by atoms with Crippen LogP contribution in [0.5, 0.6) is 0 Å². The molecule has 154 valence electrons. The van der Waals surface area contributed by atoms with Crippen molar-refractivity contribution in [2.24, 2.45) is 5.10 Å². The molecule has 2 N–H and O–H groups in total. The number of nitrogens with one attached hydrogen (secondary N) is 2. The van der Waals surface area contributed by atoms with Crippen LogP contribution in [0, 0.1) is 6.92 Å². The molecule has 0 aliphatic rings. The normalized spacial score (nSPS) is 12.6. The first-order chi connectivity index (χ1) is 14.4. The maximum absolute atomic E-state index is 12.8. The number of hydrogen-bond acceptors (Lipinski definition) is 4. The number of rotatable bonds is 8. The number of sulfonamides is 1. The Morgan fingerprint density at radius 2 is 1.53 bits per heavy atom. The monoisotopic (exact) mass is 421 g/mol. The van der Waals surface area contributed by atoms with E-state index in [1.807, 2.05) is 43.3 Å². The highest BCUT2D eigenvalue weighted by Gasteiger charge is 2.23. The zero-order chi connectivity index (χ0) is 21.4. The van der Waals surface area contributed by atoms with Crippen molar-refractivity contribution in [2.75, 3.05) is 0 Å². The molecular formula is C23H23N3O3S. The number of carbonyl (C=O) groups is 1. The first-order valence-electron chi connectivity index (χ1n) is 9.45. The molecule has 1 atom stereocenters. The summed E-state index contributed by atoms with van der Waals surface area (Å²) < 4.78 is 28.3. The Labute approximate surface area is 176 Å². The summed E-state index contributed by atoms with van der Waals surface area (Å²) in [7, 11) is -3.80. The van der Waals surface area contributed by atoms with Crippen LogP contribution in [0.4, 0.5) is 0 Å². The number of hydrogen-bond donors (Lipinski definition) is 2. The standard InChI is InChI=1S/C23H23N3O3S/c1-18-12-14-21(15-13-18)30(28,29)26-22(20-10-6-3-7-11-20)16-23(27)25-24-17-19-8-4-2-5-9-19/h2-15,17,22,26H,16H2,1H3,(H,25,27)/b24-17-/t22-/m1/s1. The van der Waals surface area contributed by atoms with Crippen LogP contribution >= 0.6 is 0 Å². The van der Waals surface area contributed by atoms with E-state index in [2.05, 4.69) is 15.2 Å². The van der Waals surface area contributed by atoms with Crippen molar-refractivity contribution >= 4 is 22.1 Å². The number of aryl methyl sites for hydroxylation is 1. The van der Waals surface area contributed by atoms with Crippen molar-refractivity contribution in [3.63, 3.8) is 0 Å². The number of carbonyl (C=O) groups excluding carboxylic acids is 1. The van der Waals surface area contributed by atoms with Crippen molar-refractivity contribution in [2.45, 2.75) is 24.3 Å². The fourth-order valence-electron chi connectivity index (χ4n) is 2.83. The third-order valence-corrected chi connectivity index (χ3v) is 5.91. The zero-order valence-corrected chi connectivity index (χ0v) is 17.3. The smallest absolute Gasteiger partial charge is 0.242 e. The van der Waals surface area contributed by atoms with Crippen molar-refractivity contribution in [1.82, 2.24) is 10.1 Å². The van der Waals surface area contributed by atoms with Crippen LogP contribution in [0.25, 0.3) is 0 Å². The van der Waals surface area contributed by atoms with E-state index in [0.29, 0.717) is 5.56 Å². The molecule has 3 rings (SSSR count). The molecule has 0 aromatic heterocycles. The van der Waals surface area contributed by atoms with Crippen molar-refractivity contribution < 1.29 is 13.2 Å². The SMILES string of the molecule is Cc1ccc(S(=O)(=O)N[C@H](CC(=O)N/N=C\c2ccccc2)c2ccccc2)cc1. The highest BCUT2D eigenvalue weighted by Crippen LogP contribution is 2.20. The maximum atomic E-state index is 12.8. The van der Waals surface area contributed by atoms with Crippen LogP contribution in [0.2, 0.25) is 0 Å². The molecule has 0 aliphatic heterocycles. The lowest BCUT2D eigenvalue weighted by Crippen LogP contribution is -2.32. The summed E-state index contributed by atoms with van der Waals surface area (Å²) in [6.45, 7) is 1.89. The van der Waals surface area contributed by atoms with Crippen LogP contribution < -0.4 is 10.1 Å². The van der Waals surface area contributed by atoms with Gasteiger partial charge in [-0.1, -0.05) is 78.4 Å². The topological polar surface area (TPSA) is 87.6 Å². The molecule has 3 aromatic rings. The van der Waals surface area contributed by atoms with E-state index in [1.165, 1.54) is 6.21 Å². The van der Waals surface area contributed by atoms with E-state index in [9.17, 15) is 13.2 Å². The van der Waals surface area contributed by atoms with Gasteiger partial charge in [0.1, 0.15) is 0 Å². The zero-order valence-electron chi connectivity index (χ0n) is 16.5. The molecule has 0 saturated heterocycles. The first kappa shape index (κ1) is 21.4. The third kappa shape index (κ3) is 6.10. The van der Waals surface area contributed by atoms with Gasteiger partial charge < -0.3 is 0 Å². The minimum Gasteiger partial charge on any atom is -0.273 e. The molecule has 1 amide bonds. The summed E-state index contributed by atoms with van der Waals surface area (Å²) in [5.41, 5.74) is 4.96. The van der Waals surface area contributed by atoms with Gasteiger partial charge in [0.2, 0.25) is 15.9 Å². The quantitative estimate of drug-likeness (QED) is 0.431. The molecule has 7 heteroatoms. The molecule has 30 heavy (non-hydrogen) atoms. The van der Waals surface area contributed by atoms with Gasteiger partial charge in [0, 0.05) is 6.42 Å². The largest absolute Gasteiger partial charge is 0.273 e. The highest BCUT2D eigenvalue weighted by atomic mass is 32.2. The molecule has 0 heterocycles. The van der Waals surface area contributed by atoms with Gasteiger partial charge in [-0.2, -0.15) is 5.10 Å². The molecule has 6 nitrogen and oxygen atoms in total. The van der Waals surface area contributed by atoms with Gasteiger partial charge in [0.05, 0.1) is 17.2 Å². The van der Waals surface area contributed by atoms with Gasteiger partial charge in [0.25, 0.3) is 0 Å². The van der Waals surface area contributed by atoms with E-state index in [4.69, 9.17) is 0 Å². The molecule has 0 bridgehead atoms. The Morgan fingerprint density at radius 1 is 0.933 bits per heavy atom. The van der Waals surface area contributed by atoms with E-state index in [0.717, 1.165) is 11.1 Å². The van der Waals surface area contributed by atoms with Gasteiger partial charge in [-0.3, -0.25) is 4.79 Å². The average Bonchev–Trinajstić information content (AvgIpc) is 2.75. The lowest BCUT2D eigenvalue weighted by atomic mass is 10.0. The first-order valence-corrected chi connectivity index (χ1v) is 10.9. The van der Waals surface area contributed by atoms with Crippen LogP contribution in [0.3, 0.4) is 0 Å². The Morgan fingerprint density at radius 3 is 2.17 bits per heavy atom. The Kier molecular flexibility index (Phi) is 7.11. The van der Waals surface area contributed by atoms with E-state index in [-0.39, 0.29) is 11.3 Å². The number of benzene rings is 3. The summed E-state index contributed by atoms with van der Waals surface area (Å²) >= 11 is 0. The number of nitrogens with zero attached hydrogens (tertiary/aromatic N) is 1. The van der Waals surface area contributed by atoms with Gasteiger partial charge in [-0.25, -0.2) is 18.6 Å². The Bertz CT molecular complexity index is 1100. The molecule has 3 aromatic carbocycles. The lowest BCUT2D eigenvalue weighted by Gasteiger charge is -2.18. The molecular weight excluding hydrogens is 398 g/mol. The third-order valence-electron chi connectivity index (χ3n) is 4.42. The van der Waals surface area contributed by atoms with Gasteiger partial charge >= 0.3 is 0 Å². The van der Waals surface area contributed by atoms with Crippen molar-refractivity contribution in [3.05, 3.63) is 102 Å². The van der Waals surface area contributed by atoms with E-state index >= 15 is 0 Å². The van der Waals surface area contributed by atoms with Crippen LogP contribution in [0.1, 0.15) is 29.2 Å². The van der Waals surface area contributed by atoms with Crippen molar-refractivity contribution in [1.29, 1.82) is 0 Å². The summed E-state index contributed by atoms with van der Waals surface area (Å²) in [6, 6.07) is 24.2. The number of hydrazone groups is 1. The summed E-state index contributed by atoms with van der Waals surface area (Å²) in [4.78, 5) is 12.6. The lowest BCUT2D eigenvalue weighted by molar-refractivity contribution is -0.121. The molecule has 0 saturated carbocycles. The molecule has 0 fully saturated rings. The molecule has 0 unspecified atom stereocenters. The summed E-state index contributed by atoms with van der Waals surface area (Å²) in [5, 5.41) is 3.95. The molecule has 0 aliphatic carbocycles. The second kappa shape index (κ2) is 9.96. The van der Waals surface area contributed by atoms with Crippen LogP contribution in [0.15, 0.2) is 94.9 Å².